The monoisotopic (exact) mass is 198 g/mol. The van der Waals surface area contributed by atoms with Crippen molar-refractivity contribution in [3.05, 3.63) is 60.2 Å². The molecule has 0 aliphatic heterocycles. The first kappa shape index (κ1) is 9.33. The van der Waals surface area contributed by atoms with Crippen molar-refractivity contribution in [2.24, 2.45) is 5.16 Å². The third-order valence-electron chi connectivity index (χ3n) is 2.00. The average molecular weight is 198 g/mol. The maximum atomic E-state index is 10.8. The van der Waals surface area contributed by atoms with Crippen LogP contribution in [0, 0.1) is 0 Å². The Kier molecular flexibility index (Phi) is 2.69. The molecule has 1 radical (unpaired) electrons. The molecule has 73 valence electrons. The number of hydrogen-bond acceptors (Lipinski definition) is 3. The SMILES string of the molecule is [O]N=C(c1ccncc1)c1ccncc1. The van der Waals surface area contributed by atoms with Gasteiger partial charge in [0.05, 0.1) is 0 Å². The van der Waals surface area contributed by atoms with E-state index in [9.17, 15) is 5.21 Å². The normalized spacial score (nSPS) is 9.60. The van der Waals surface area contributed by atoms with Crippen LogP contribution in [0.5, 0.6) is 0 Å². The fourth-order valence-corrected chi connectivity index (χ4v) is 1.29. The van der Waals surface area contributed by atoms with Crippen molar-refractivity contribution in [2.75, 3.05) is 0 Å². The molecule has 0 N–H and O–H groups in total. The standard InChI is InChI=1S/C11H8N3O/c15-14-11(9-1-5-12-6-2-9)10-3-7-13-8-4-10/h1-8H. The summed E-state index contributed by atoms with van der Waals surface area (Å²) in [4.78, 5) is 7.77. The zero-order valence-corrected chi connectivity index (χ0v) is 7.87. The summed E-state index contributed by atoms with van der Waals surface area (Å²) in [5.74, 6) is 0. The summed E-state index contributed by atoms with van der Waals surface area (Å²) >= 11 is 0. The molecule has 0 saturated carbocycles. The highest BCUT2D eigenvalue weighted by Crippen LogP contribution is 2.08. The first-order valence-corrected chi connectivity index (χ1v) is 4.43. The van der Waals surface area contributed by atoms with Gasteiger partial charge in [-0.05, 0) is 29.4 Å². The molecule has 2 aromatic rings. The molecule has 0 fully saturated rings. The van der Waals surface area contributed by atoms with Crippen LogP contribution in [0.25, 0.3) is 0 Å². The first-order valence-electron chi connectivity index (χ1n) is 4.43. The van der Waals surface area contributed by atoms with Crippen molar-refractivity contribution in [3.8, 4) is 0 Å². The maximum Gasteiger partial charge on any atom is 0.122 e. The fraction of sp³-hybridized carbons (Fsp3) is 0. The molecule has 0 atom stereocenters. The van der Waals surface area contributed by atoms with Gasteiger partial charge in [-0.15, -0.1) is 5.21 Å². The third-order valence-corrected chi connectivity index (χ3v) is 2.00. The zero-order chi connectivity index (χ0) is 10.5. The second kappa shape index (κ2) is 4.32. The first-order chi connectivity index (χ1) is 7.42. The van der Waals surface area contributed by atoms with Crippen LogP contribution in [0.4, 0.5) is 0 Å². The van der Waals surface area contributed by atoms with E-state index in [-0.39, 0.29) is 0 Å². The lowest BCUT2D eigenvalue weighted by Gasteiger charge is -2.02. The predicted octanol–water partition coefficient (Wildman–Crippen LogP) is 1.66. The van der Waals surface area contributed by atoms with Gasteiger partial charge in [0.15, 0.2) is 0 Å². The van der Waals surface area contributed by atoms with Crippen LogP contribution < -0.4 is 0 Å². The molecule has 4 nitrogen and oxygen atoms in total. The van der Waals surface area contributed by atoms with Crippen molar-refractivity contribution in [1.29, 1.82) is 0 Å². The van der Waals surface area contributed by atoms with Crippen LogP contribution in [0.2, 0.25) is 0 Å². The summed E-state index contributed by atoms with van der Waals surface area (Å²) in [6, 6.07) is 6.99. The molecule has 4 heteroatoms. The van der Waals surface area contributed by atoms with Crippen LogP contribution in [-0.4, -0.2) is 15.7 Å². The summed E-state index contributed by atoms with van der Waals surface area (Å²) in [5.41, 5.74) is 1.91. The molecule has 0 aliphatic carbocycles. The van der Waals surface area contributed by atoms with E-state index in [0.717, 1.165) is 11.1 Å². The minimum absolute atomic E-state index is 0.403. The lowest BCUT2D eigenvalue weighted by atomic mass is 10.1. The molecule has 2 heterocycles. The van der Waals surface area contributed by atoms with E-state index in [4.69, 9.17) is 0 Å². The highest BCUT2D eigenvalue weighted by Gasteiger charge is 2.06. The van der Waals surface area contributed by atoms with Gasteiger partial charge in [-0.2, -0.15) is 0 Å². The number of pyridine rings is 2. The van der Waals surface area contributed by atoms with Crippen molar-refractivity contribution >= 4 is 5.71 Å². The van der Waals surface area contributed by atoms with Crippen LogP contribution >= 0.6 is 0 Å². The van der Waals surface area contributed by atoms with Gasteiger partial charge < -0.3 is 0 Å². The molecule has 2 aromatic heterocycles. The minimum atomic E-state index is 0.403. The Hall–Kier alpha value is -2.23. The Morgan fingerprint density at radius 2 is 1.27 bits per heavy atom. The Balaban J connectivity index is 2.44. The Bertz CT molecular complexity index is 412. The molecule has 0 aliphatic rings. The van der Waals surface area contributed by atoms with Crippen LogP contribution in [0.3, 0.4) is 0 Å². The summed E-state index contributed by atoms with van der Waals surface area (Å²) in [6.07, 6.45) is 6.51. The van der Waals surface area contributed by atoms with Gasteiger partial charge in [0.25, 0.3) is 0 Å². The van der Waals surface area contributed by atoms with Crippen LogP contribution in [0.1, 0.15) is 11.1 Å². The van der Waals surface area contributed by atoms with E-state index >= 15 is 0 Å². The van der Waals surface area contributed by atoms with Gasteiger partial charge in [-0.25, -0.2) is 0 Å². The van der Waals surface area contributed by atoms with Gasteiger partial charge in [0.2, 0.25) is 0 Å². The van der Waals surface area contributed by atoms with Crippen molar-refractivity contribution < 1.29 is 5.21 Å². The largest absolute Gasteiger partial charge is 0.265 e. The van der Waals surface area contributed by atoms with Gasteiger partial charge >= 0.3 is 0 Å². The third kappa shape index (κ3) is 1.99. The molecular formula is C11H8N3O. The van der Waals surface area contributed by atoms with Crippen LogP contribution in [-0.2, 0) is 5.21 Å². The smallest absolute Gasteiger partial charge is 0.122 e. The molecule has 15 heavy (non-hydrogen) atoms. The highest BCUT2D eigenvalue weighted by atomic mass is 16.4. The molecule has 0 unspecified atom stereocenters. The second-order valence-electron chi connectivity index (χ2n) is 2.91. The number of rotatable bonds is 2. The van der Waals surface area contributed by atoms with E-state index in [1.54, 1.807) is 49.1 Å². The summed E-state index contributed by atoms with van der Waals surface area (Å²) in [5, 5.41) is 13.8. The summed E-state index contributed by atoms with van der Waals surface area (Å²) < 4.78 is 0. The summed E-state index contributed by atoms with van der Waals surface area (Å²) in [6.45, 7) is 0. The second-order valence-corrected chi connectivity index (χ2v) is 2.91. The molecule has 0 bridgehead atoms. The average Bonchev–Trinajstić information content (AvgIpc) is 2.33. The molecule has 0 amide bonds. The van der Waals surface area contributed by atoms with Crippen molar-refractivity contribution in [2.45, 2.75) is 0 Å². The van der Waals surface area contributed by atoms with E-state index in [1.807, 2.05) is 0 Å². The molecule has 0 saturated heterocycles. The fourth-order valence-electron chi connectivity index (χ4n) is 1.29. The Morgan fingerprint density at radius 3 is 1.60 bits per heavy atom. The molecule has 2 rings (SSSR count). The number of hydrogen-bond donors (Lipinski definition) is 0. The predicted molar refractivity (Wildman–Crippen MR) is 54.8 cm³/mol. The zero-order valence-electron chi connectivity index (χ0n) is 7.87. The number of aromatic nitrogens is 2. The topological polar surface area (TPSA) is 58.0 Å². The van der Waals surface area contributed by atoms with E-state index < -0.39 is 0 Å². The summed E-state index contributed by atoms with van der Waals surface area (Å²) in [7, 11) is 0. The number of nitrogens with zero attached hydrogens (tertiary/aromatic N) is 3. The van der Waals surface area contributed by atoms with Gasteiger partial charge in [-0.3, -0.25) is 9.97 Å². The van der Waals surface area contributed by atoms with E-state index in [1.165, 1.54) is 0 Å². The van der Waals surface area contributed by atoms with Crippen LogP contribution in [0.15, 0.2) is 54.2 Å². The lowest BCUT2D eigenvalue weighted by molar-refractivity contribution is 0.210. The van der Waals surface area contributed by atoms with Gasteiger partial charge in [-0.1, -0.05) is 0 Å². The maximum absolute atomic E-state index is 10.8. The lowest BCUT2D eigenvalue weighted by Crippen LogP contribution is -2.02. The Morgan fingerprint density at radius 1 is 0.867 bits per heavy atom. The van der Waals surface area contributed by atoms with Gasteiger partial charge in [0, 0.05) is 35.9 Å². The van der Waals surface area contributed by atoms with E-state index in [2.05, 4.69) is 15.1 Å². The molecular weight excluding hydrogens is 190 g/mol. The van der Waals surface area contributed by atoms with Crippen molar-refractivity contribution in [1.82, 2.24) is 9.97 Å². The quantitative estimate of drug-likeness (QED) is 0.544. The van der Waals surface area contributed by atoms with E-state index in [0.29, 0.717) is 5.71 Å². The molecule has 0 aromatic carbocycles. The van der Waals surface area contributed by atoms with Gasteiger partial charge in [0.1, 0.15) is 5.71 Å². The Labute approximate surface area is 86.9 Å². The highest BCUT2D eigenvalue weighted by molar-refractivity contribution is 6.12. The molecule has 0 spiro atoms. The minimum Gasteiger partial charge on any atom is -0.265 e. The van der Waals surface area contributed by atoms with Crippen molar-refractivity contribution in [3.63, 3.8) is 0 Å².